The Morgan fingerprint density at radius 2 is 1.81 bits per heavy atom. The van der Waals surface area contributed by atoms with E-state index in [2.05, 4.69) is 6.92 Å². The summed E-state index contributed by atoms with van der Waals surface area (Å²) in [5, 5.41) is 10.0. The molecule has 0 fully saturated rings. The molecule has 1 N–H and O–H groups in total. The van der Waals surface area contributed by atoms with Crippen molar-refractivity contribution in [1.82, 2.24) is 0 Å². The molecular weight excluding hydrogens is 200 g/mol. The Kier molecular flexibility index (Phi) is 7.65. The van der Waals surface area contributed by atoms with Gasteiger partial charge in [-0.3, -0.25) is 4.79 Å². The number of aliphatic hydroxyl groups is 1. The van der Waals surface area contributed by atoms with Gasteiger partial charge < -0.3 is 5.11 Å². The molecule has 2 unspecified atom stereocenters. The largest absolute Gasteiger partial charge is 0.382 e. The summed E-state index contributed by atoms with van der Waals surface area (Å²) in [6, 6.07) is 0. The third-order valence-corrected chi connectivity index (χ3v) is 3.21. The average Bonchev–Trinajstić information content (AvgIpc) is 2.23. The number of hydrogen-bond acceptors (Lipinski definition) is 2. The van der Waals surface area contributed by atoms with Crippen LogP contribution in [0.25, 0.3) is 0 Å². The number of unbranched alkanes of at least 4 members (excludes halogenated alkanes) is 3. The van der Waals surface area contributed by atoms with Crippen LogP contribution in [-0.4, -0.2) is 16.5 Å². The second kappa shape index (κ2) is 7.83. The molecule has 0 radical (unpaired) electrons. The molecule has 0 saturated carbocycles. The Balaban J connectivity index is 3.97. The molecule has 0 aromatic carbocycles. The Morgan fingerprint density at radius 1 is 1.19 bits per heavy atom. The fourth-order valence-electron chi connectivity index (χ4n) is 2.15. The summed E-state index contributed by atoms with van der Waals surface area (Å²) in [4.78, 5) is 12.0. The van der Waals surface area contributed by atoms with Crippen molar-refractivity contribution < 1.29 is 9.90 Å². The molecular formula is C14H28O2. The quantitative estimate of drug-likeness (QED) is 0.611. The highest BCUT2D eigenvalue weighted by atomic mass is 16.3. The smallest absolute Gasteiger partial charge is 0.166 e. The third-order valence-electron chi connectivity index (χ3n) is 3.21. The van der Waals surface area contributed by atoms with E-state index in [1.165, 1.54) is 19.3 Å². The van der Waals surface area contributed by atoms with E-state index >= 15 is 0 Å². The van der Waals surface area contributed by atoms with E-state index < -0.39 is 5.60 Å². The molecule has 96 valence electrons. The lowest BCUT2D eigenvalue weighted by Crippen LogP contribution is -2.38. The average molecular weight is 228 g/mol. The minimum absolute atomic E-state index is 0.00148. The fourth-order valence-corrected chi connectivity index (χ4v) is 2.15. The van der Waals surface area contributed by atoms with E-state index in [4.69, 9.17) is 0 Å². The van der Waals surface area contributed by atoms with E-state index in [0.29, 0.717) is 6.42 Å². The molecule has 0 heterocycles. The van der Waals surface area contributed by atoms with Crippen LogP contribution in [0.1, 0.15) is 72.6 Å². The summed E-state index contributed by atoms with van der Waals surface area (Å²) >= 11 is 0. The zero-order valence-corrected chi connectivity index (χ0v) is 11.4. The topological polar surface area (TPSA) is 37.3 Å². The van der Waals surface area contributed by atoms with Crippen LogP contribution < -0.4 is 0 Å². The van der Waals surface area contributed by atoms with Crippen LogP contribution >= 0.6 is 0 Å². The number of hydrogen-bond donors (Lipinski definition) is 1. The molecule has 2 heteroatoms. The van der Waals surface area contributed by atoms with Gasteiger partial charge in [-0.25, -0.2) is 0 Å². The molecule has 2 atom stereocenters. The molecule has 0 amide bonds. The first kappa shape index (κ1) is 15.6. The third kappa shape index (κ3) is 5.64. The van der Waals surface area contributed by atoms with Crippen molar-refractivity contribution in [1.29, 1.82) is 0 Å². The van der Waals surface area contributed by atoms with Crippen LogP contribution in [0.2, 0.25) is 0 Å². The lowest BCUT2D eigenvalue weighted by molar-refractivity contribution is -0.140. The van der Waals surface area contributed by atoms with Crippen LogP contribution in [0.5, 0.6) is 0 Å². The SMILES string of the molecule is CCCCCCC(C)C(=O)C(C)(O)CCC. The van der Waals surface area contributed by atoms with Gasteiger partial charge in [0.05, 0.1) is 0 Å². The molecule has 0 aliphatic carbocycles. The van der Waals surface area contributed by atoms with Gasteiger partial charge in [0.1, 0.15) is 5.60 Å². The first-order valence-electron chi connectivity index (χ1n) is 6.72. The molecule has 2 nitrogen and oxygen atoms in total. The van der Waals surface area contributed by atoms with E-state index in [9.17, 15) is 9.90 Å². The zero-order chi connectivity index (χ0) is 12.6. The number of carbonyl (C=O) groups excluding carboxylic acids is 1. The first-order valence-corrected chi connectivity index (χ1v) is 6.72. The molecule has 0 spiro atoms. The number of rotatable bonds is 9. The maximum atomic E-state index is 12.0. The van der Waals surface area contributed by atoms with Crippen LogP contribution in [0, 0.1) is 5.92 Å². The fraction of sp³-hybridized carbons (Fsp3) is 0.929. The van der Waals surface area contributed by atoms with Gasteiger partial charge in [0.15, 0.2) is 5.78 Å². The van der Waals surface area contributed by atoms with Crippen molar-refractivity contribution in [3.63, 3.8) is 0 Å². The van der Waals surface area contributed by atoms with Crippen molar-refractivity contribution in [2.24, 2.45) is 5.92 Å². The van der Waals surface area contributed by atoms with Gasteiger partial charge >= 0.3 is 0 Å². The standard InChI is InChI=1S/C14H28O2/c1-5-7-8-9-10-12(3)13(15)14(4,16)11-6-2/h12,16H,5-11H2,1-4H3. The van der Waals surface area contributed by atoms with Crippen molar-refractivity contribution in [2.45, 2.75) is 78.2 Å². The van der Waals surface area contributed by atoms with Crippen molar-refractivity contribution >= 4 is 5.78 Å². The number of ketones is 1. The van der Waals surface area contributed by atoms with Crippen molar-refractivity contribution in [3.05, 3.63) is 0 Å². The summed E-state index contributed by atoms with van der Waals surface area (Å²) in [5.74, 6) is 0.0178. The van der Waals surface area contributed by atoms with Gasteiger partial charge in [-0.15, -0.1) is 0 Å². The first-order chi connectivity index (χ1) is 7.45. The maximum absolute atomic E-state index is 12.0. The van der Waals surface area contributed by atoms with E-state index in [1.807, 2.05) is 13.8 Å². The highest BCUT2D eigenvalue weighted by Gasteiger charge is 2.32. The number of carbonyl (C=O) groups is 1. The van der Waals surface area contributed by atoms with Crippen LogP contribution in [0.3, 0.4) is 0 Å². The highest BCUT2D eigenvalue weighted by molar-refractivity contribution is 5.88. The summed E-state index contributed by atoms with van der Waals surface area (Å²) in [6.45, 7) is 7.77. The molecule has 0 aliphatic heterocycles. The summed E-state index contributed by atoms with van der Waals surface area (Å²) in [7, 11) is 0. The zero-order valence-electron chi connectivity index (χ0n) is 11.4. The lowest BCUT2D eigenvalue weighted by atomic mass is 9.85. The van der Waals surface area contributed by atoms with E-state index in [1.54, 1.807) is 6.92 Å². The summed E-state index contributed by atoms with van der Waals surface area (Å²) in [6.07, 6.45) is 7.10. The monoisotopic (exact) mass is 228 g/mol. The minimum Gasteiger partial charge on any atom is -0.382 e. The highest BCUT2D eigenvalue weighted by Crippen LogP contribution is 2.21. The molecule has 0 aliphatic rings. The molecule has 0 rings (SSSR count). The second-order valence-electron chi connectivity index (χ2n) is 5.14. The Bertz CT molecular complexity index is 197. The van der Waals surface area contributed by atoms with Gasteiger partial charge in [-0.05, 0) is 19.8 Å². The van der Waals surface area contributed by atoms with Gasteiger partial charge in [0, 0.05) is 5.92 Å². The Hall–Kier alpha value is -0.370. The van der Waals surface area contributed by atoms with Gasteiger partial charge in [0.25, 0.3) is 0 Å². The molecule has 0 aromatic rings. The van der Waals surface area contributed by atoms with E-state index in [0.717, 1.165) is 19.3 Å². The molecule has 0 saturated heterocycles. The van der Waals surface area contributed by atoms with E-state index in [-0.39, 0.29) is 11.7 Å². The predicted molar refractivity (Wildman–Crippen MR) is 68.5 cm³/mol. The van der Waals surface area contributed by atoms with Crippen molar-refractivity contribution in [2.75, 3.05) is 0 Å². The van der Waals surface area contributed by atoms with Crippen LogP contribution in [0.4, 0.5) is 0 Å². The molecule has 0 bridgehead atoms. The van der Waals surface area contributed by atoms with Crippen LogP contribution in [0.15, 0.2) is 0 Å². The van der Waals surface area contributed by atoms with Crippen LogP contribution in [-0.2, 0) is 4.79 Å². The second-order valence-corrected chi connectivity index (χ2v) is 5.14. The minimum atomic E-state index is -1.11. The Labute approximate surface area is 100 Å². The lowest BCUT2D eigenvalue weighted by Gasteiger charge is -2.24. The normalized spacial score (nSPS) is 16.8. The number of Topliss-reactive ketones (excluding diaryl/α,β-unsaturated/α-hetero) is 1. The van der Waals surface area contributed by atoms with Crippen molar-refractivity contribution in [3.8, 4) is 0 Å². The summed E-state index contributed by atoms with van der Waals surface area (Å²) in [5.41, 5.74) is -1.11. The van der Waals surface area contributed by atoms with Gasteiger partial charge in [-0.2, -0.15) is 0 Å². The maximum Gasteiger partial charge on any atom is 0.166 e. The summed E-state index contributed by atoms with van der Waals surface area (Å²) < 4.78 is 0. The molecule has 16 heavy (non-hydrogen) atoms. The molecule has 0 aromatic heterocycles. The van der Waals surface area contributed by atoms with Gasteiger partial charge in [0.2, 0.25) is 0 Å². The predicted octanol–water partition coefficient (Wildman–Crippen LogP) is 3.71. The Morgan fingerprint density at radius 3 is 2.31 bits per heavy atom. The van der Waals surface area contributed by atoms with Gasteiger partial charge in [-0.1, -0.05) is 52.9 Å².